The lowest BCUT2D eigenvalue weighted by Crippen LogP contribution is -2.31. The van der Waals surface area contributed by atoms with Gasteiger partial charge >= 0.3 is 0 Å². The number of benzene rings is 1. The fourth-order valence-corrected chi connectivity index (χ4v) is 3.38. The van der Waals surface area contributed by atoms with Crippen LogP contribution in [0, 0.1) is 6.92 Å². The predicted octanol–water partition coefficient (Wildman–Crippen LogP) is 4.28. The third-order valence-corrected chi connectivity index (χ3v) is 4.95. The van der Waals surface area contributed by atoms with Gasteiger partial charge in [0.1, 0.15) is 12.4 Å². The quantitative estimate of drug-likeness (QED) is 0.769. The van der Waals surface area contributed by atoms with Gasteiger partial charge in [-0.1, -0.05) is 13.0 Å². The third-order valence-electron chi connectivity index (χ3n) is 4.95. The molecule has 5 heteroatoms. The highest BCUT2D eigenvalue weighted by atomic mass is 16.5. The Kier molecular flexibility index (Phi) is 5.77. The van der Waals surface area contributed by atoms with Gasteiger partial charge in [-0.05, 0) is 50.8 Å². The molecule has 0 bridgehead atoms. The van der Waals surface area contributed by atoms with Gasteiger partial charge in [0.2, 0.25) is 0 Å². The van der Waals surface area contributed by atoms with Gasteiger partial charge in [0.15, 0.2) is 0 Å². The van der Waals surface area contributed by atoms with Crippen LogP contribution in [0.2, 0.25) is 0 Å². The van der Waals surface area contributed by atoms with Crippen LogP contribution < -0.4 is 0 Å². The molecule has 26 heavy (non-hydrogen) atoms. The normalized spacial score (nSPS) is 13.8. The van der Waals surface area contributed by atoms with E-state index in [-0.39, 0.29) is 5.91 Å². The molecule has 1 heterocycles. The Hall–Kier alpha value is -2.14. The minimum Gasteiger partial charge on any atom is -0.377 e. The molecule has 1 fully saturated rings. The highest BCUT2D eigenvalue weighted by Crippen LogP contribution is 2.44. The number of hydrogen-bond acceptors (Lipinski definition) is 3. The first-order chi connectivity index (χ1) is 12.6. The summed E-state index contributed by atoms with van der Waals surface area (Å²) in [6, 6.07) is 5.97. The van der Waals surface area contributed by atoms with Crippen LogP contribution >= 0.6 is 0 Å². The van der Waals surface area contributed by atoms with Gasteiger partial charge in [-0.3, -0.25) is 4.79 Å². The van der Waals surface area contributed by atoms with Gasteiger partial charge in [-0.2, -0.15) is 0 Å². The van der Waals surface area contributed by atoms with Gasteiger partial charge in [-0.15, -0.1) is 0 Å². The Labute approximate surface area is 155 Å². The van der Waals surface area contributed by atoms with Crippen molar-refractivity contribution in [3.05, 3.63) is 40.8 Å². The van der Waals surface area contributed by atoms with Gasteiger partial charge in [0.25, 0.3) is 5.91 Å². The van der Waals surface area contributed by atoms with Crippen LogP contribution in [-0.2, 0) is 11.3 Å². The van der Waals surface area contributed by atoms with Crippen molar-refractivity contribution in [2.75, 3.05) is 20.2 Å². The summed E-state index contributed by atoms with van der Waals surface area (Å²) in [7, 11) is 1.68. The maximum Gasteiger partial charge on any atom is 0.253 e. The van der Waals surface area contributed by atoms with Crippen molar-refractivity contribution in [2.45, 2.75) is 52.6 Å². The summed E-state index contributed by atoms with van der Waals surface area (Å²) in [4.78, 5) is 23.0. The molecule has 140 valence electrons. The maximum atomic E-state index is 12.9. The second kappa shape index (κ2) is 8.04. The zero-order chi connectivity index (χ0) is 18.7. The van der Waals surface area contributed by atoms with E-state index >= 15 is 0 Å². The third kappa shape index (κ3) is 3.83. The highest BCUT2D eigenvalue weighted by molar-refractivity contribution is 5.95. The number of H-pyrrole nitrogens is 1. The molecular weight excluding hydrogens is 326 g/mol. The number of aromatic amines is 1. The molecule has 1 N–H and O–H groups in total. The number of imidazole rings is 1. The van der Waals surface area contributed by atoms with Crippen LogP contribution in [0.4, 0.5) is 0 Å². The first kappa shape index (κ1) is 18.6. The van der Waals surface area contributed by atoms with Crippen molar-refractivity contribution in [2.24, 2.45) is 0 Å². The van der Waals surface area contributed by atoms with Crippen molar-refractivity contribution < 1.29 is 9.53 Å². The van der Waals surface area contributed by atoms with E-state index in [0.29, 0.717) is 12.5 Å². The van der Waals surface area contributed by atoms with Gasteiger partial charge in [0.05, 0.1) is 5.69 Å². The zero-order valence-corrected chi connectivity index (χ0v) is 16.3. The lowest BCUT2D eigenvalue weighted by Gasteiger charge is -2.20. The first-order valence-corrected chi connectivity index (χ1v) is 9.57. The summed E-state index contributed by atoms with van der Waals surface area (Å²) in [6.07, 6.45) is 3.35. The second-order valence-corrected chi connectivity index (χ2v) is 7.07. The number of aryl methyl sites for hydroxylation is 1. The van der Waals surface area contributed by atoms with E-state index in [0.717, 1.165) is 47.7 Å². The molecule has 1 aromatic heterocycles. The predicted molar refractivity (Wildman–Crippen MR) is 103 cm³/mol. The average molecular weight is 355 g/mol. The maximum absolute atomic E-state index is 12.9. The monoisotopic (exact) mass is 355 g/mol. The van der Waals surface area contributed by atoms with Crippen LogP contribution in [0.15, 0.2) is 18.2 Å². The Morgan fingerprint density at radius 1 is 1.35 bits per heavy atom. The SMILES string of the molecule is CCCN(CC)C(=O)c1ccc(C)c(-c2nc(COC)[nH]c2C2CC2)c1. The summed E-state index contributed by atoms with van der Waals surface area (Å²) < 4.78 is 5.24. The van der Waals surface area contributed by atoms with E-state index in [1.165, 1.54) is 18.5 Å². The molecule has 0 saturated heterocycles. The minimum atomic E-state index is 0.0937. The molecule has 1 aliphatic carbocycles. The molecule has 1 saturated carbocycles. The van der Waals surface area contributed by atoms with Crippen molar-refractivity contribution in [1.82, 2.24) is 14.9 Å². The van der Waals surface area contributed by atoms with Crippen LogP contribution in [0.25, 0.3) is 11.3 Å². The Balaban J connectivity index is 1.99. The number of rotatable bonds is 8. The molecule has 1 amide bonds. The number of nitrogens with one attached hydrogen (secondary N) is 1. The number of nitrogens with zero attached hydrogens (tertiary/aromatic N) is 2. The smallest absolute Gasteiger partial charge is 0.253 e. The Morgan fingerprint density at radius 2 is 2.12 bits per heavy atom. The molecule has 2 aromatic rings. The molecule has 1 aliphatic rings. The van der Waals surface area contributed by atoms with Crippen LogP contribution in [0.1, 0.15) is 66.5 Å². The standard InChI is InChI=1S/C21H29N3O2/c1-5-11-24(6-2)21(25)16-8-7-14(3)17(12-16)20-19(15-9-10-15)22-18(23-20)13-26-4/h7-8,12,15H,5-6,9-11,13H2,1-4H3,(H,22,23). The molecule has 0 atom stereocenters. The van der Waals surface area contributed by atoms with Crippen molar-refractivity contribution in [3.8, 4) is 11.3 Å². The summed E-state index contributed by atoms with van der Waals surface area (Å²) in [5.74, 6) is 1.49. The summed E-state index contributed by atoms with van der Waals surface area (Å²) in [5.41, 5.74) is 5.08. The molecule has 3 rings (SSSR count). The Bertz CT molecular complexity index is 778. The number of hydrogen-bond donors (Lipinski definition) is 1. The van der Waals surface area contributed by atoms with E-state index in [2.05, 4.69) is 18.8 Å². The van der Waals surface area contributed by atoms with Gasteiger partial charge in [-0.25, -0.2) is 4.98 Å². The molecule has 1 aromatic carbocycles. The van der Waals surface area contributed by atoms with Gasteiger partial charge in [0, 0.05) is 42.9 Å². The van der Waals surface area contributed by atoms with E-state index in [1.807, 2.05) is 30.0 Å². The fraction of sp³-hybridized carbons (Fsp3) is 0.524. The van der Waals surface area contributed by atoms with E-state index in [9.17, 15) is 4.79 Å². The fourth-order valence-electron chi connectivity index (χ4n) is 3.38. The molecular formula is C21H29N3O2. The zero-order valence-electron chi connectivity index (χ0n) is 16.3. The lowest BCUT2D eigenvalue weighted by atomic mass is 9.99. The number of carbonyl (C=O) groups excluding carboxylic acids is 1. The van der Waals surface area contributed by atoms with Crippen LogP contribution in [-0.4, -0.2) is 41.0 Å². The second-order valence-electron chi connectivity index (χ2n) is 7.07. The first-order valence-electron chi connectivity index (χ1n) is 9.57. The van der Waals surface area contributed by atoms with Crippen LogP contribution in [0.5, 0.6) is 0 Å². The van der Waals surface area contributed by atoms with Gasteiger partial charge < -0.3 is 14.6 Å². The Morgan fingerprint density at radius 3 is 2.73 bits per heavy atom. The van der Waals surface area contributed by atoms with Crippen molar-refractivity contribution >= 4 is 5.91 Å². The van der Waals surface area contributed by atoms with Crippen molar-refractivity contribution in [3.63, 3.8) is 0 Å². The molecule has 0 aliphatic heterocycles. The highest BCUT2D eigenvalue weighted by Gasteiger charge is 2.30. The van der Waals surface area contributed by atoms with Crippen LogP contribution in [0.3, 0.4) is 0 Å². The number of aromatic nitrogens is 2. The molecule has 0 unspecified atom stereocenters. The molecule has 5 nitrogen and oxygen atoms in total. The average Bonchev–Trinajstić information content (AvgIpc) is 3.40. The van der Waals surface area contributed by atoms with E-state index < -0.39 is 0 Å². The minimum absolute atomic E-state index is 0.0937. The summed E-state index contributed by atoms with van der Waals surface area (Å²) in [5, 5.41) is 0. The van der Waals surface area contributed by atoms with Crippen molar-refractivity contribution in [1.29, 1.82) is 0 Å². The number of amides is 1. The topological polar surface area (TPSA) is 58.2 Å². The molecule has 0 radical (unpaired) electrons. The lowest BCUT2D eigenvalue weighted by molar-refractivity contribution is 0.0764. The summed E-state index contributed by atoms with van der Waals surface area (Å²) in [6.45, 7) is 8.18. The largest absolute Gasteiger partial charge is 0.377 e. The molecule has 0 spiro atoms. The summed E-state index contributed by atoms with van der Waals surface area (Å²) >= 11 is 0. The van der Waals surface area contributed by atoms with E-state index in [4.69, 9.17) is 9.72 Å². The number of carbonyl (C=O) groups is 1. The number of methoxy groups -OCH3 is 1. The number of ether oxygens (including phenoxy) is 1. The van der Waals surface area contributed by atoms with E-state index in [1.54, 1.807) is 7.11 Å².